The third-order valence-electron chi connectivity index (χ3n) is 3.75. The molecule has 19 heavy (non-hydrogen) atoms. The Morgan fingerprint density at radius 3 is 2.95 bits per heavy atom. The molecule has 0 aliphatic carbocycles. The van der Waals surface area contributed by atoms with Crippen LogP contribution in [0.1, 0.15) is 38.3 Å². The van der Waals surface area contributed by atoms with Crippen LogP contribution in [0.25, 0.3) is 0 Å². The number of anilines is 1. The highest BCUT2D eigenvalue weighted by Gasteiger charge is 2.15. The lowest BCUT2D eigenvalue weighted by atomic mass is 9.93. The Kier molecular flexibility index (Phi) is 4.96. The lowest BCUT2D eigenvalue weighted by Crippen LogP contribution is -2.28. The van der Waals surface area contributed by atoms with Gasteiger partial charge in [0.25, 0.3) is 0 Å². The Hall–Kier alpha value is -1.36. The first kappa shape index (κ1) is 14.1. The van der Waals surface area contributed by atoms with Crippen LogP contribution in [0, 0.1) is 5.92 Å². The largest absolute Gasteiger partial charge is 0.323 e. The van der Waals surface area contributed by atoms with Gasteiger partial charge in [-0.05, 0) is 44.7 Å². The Labute approximate surface area is 114 Å². The van der Waals surface area contributed by atoms with E-state index < -0.39 is 0 Å². The van der Waals surface area contributed by atoms with Gasteiger partial charge in [-0.2, -0.15) is 5.10 Å². The Morgan fingerprint density at radius 1 is 1.53 bits per heavy atom. The highest BCUT2D eigenvalue weighted by molar-refractivity contribution is 5.91. The van der Waals surface area contributed by atoms with E-state index in [-0.39, 0.29) is 5.91 Å². The zero-order valence-corrected chi connectivity index (χ0v) is 11.9. The number of hydrogen-bond donors (Lipinski definition) is 2. The van der Waals surface area contributed by atoms with E-state index in [4.69, 9.17) is 0 Å². The fourth-order valence-electron chi connectivity index (χ4n) is 2.62. The van der Waals surface area contributed by atoms with Crippen molar-refractivity contribution in [2.75, 3.05) is 18.4 Å². The van der Waals surface area contributed by atoms with E-state index in [0.717, 1.165) is 37.3 Å². The average molecular weight is 264 g/mol. The molecule has 1 fully saturated rings. The second kappa shape index (κ2) is 6.70. The summed E-state index contributed by atoms with van der Waals surface area (Å²) in [5.74, 6) is 0.813. The van der Waals surface area contributed by atoms with Gasteiger partial charge in [-0.1, -0.05) is 6.92 Å². The molecule has 0 bridgehead atoms. The van der Waals surface area contributed by atoms with E-state index in [1.54, 1.807) is 4.68 Å². The molecule has 0 saturated carbocycles. The van der Waals surface area contributed by atoms with Crippen LogP contribution in [0.4, 0.5) is 5.69 Å². The van der Waals surface area contributed by atoms with E-state index in [9.17, 15) is 4.79 Å². The topological polar surface area (TPSA) is 59.0 Å². The fraction of sp³-hybridized carbons (Fsp3) is 0.714. The number of aryl methyl sites for hydroxylation is 2. The van der Waals surface area contributed by atoms with Crippen molar-refractivity contribution in [3.8, 4) is 0 Å². The number of nitrogens with zero attached hydrogens (tertiary/aromatic N) is 2. The zero-order valence-electron chi connectivity index (χ0n) is 11.9. The van der Waals surface area contributed by atoms with Gasteiger partial charge in [-0.15, -0.1) is 0 Å². The molecule has 0 aromatic carbocycles. The Bertz CT molecular complexity index is 421. The summed E-state index contributed by atoms with van der Waals surface area (Å²) in [6, 6.07) is 0. The first-order chi connectivity index (χ1) is 9.19. The smallest absolute Gasteiger partial charge is 0.224 e. The monoisotopic (exact) mass is 264 g/mol. The molecule has 1 aliphatic heterocycles. The van der Waals surface area contributed by atoms with Crippen molar-refractivity contribution in [2.24, 2.45) is 13.0 Å². The van der Waals surface area contributed by atoms with Crippen molar-refractivity contribution >= 4 is 11.6 Å². The van der Waals surface area contributed by atoms with Gasteiger partial charge in [0.1, 0.15) is 0 Å². The van der Waals surface area contributed by atoms with Crippen LogP contribution in [0.2, 0.25) is 0 Å². The molecule has 2 rings (SSSR count). The molecule has 5 nitrogen and oxygen atoms in total. The molecule has 0 unspecified atom stereocenters. The zero-order chi connectivity index (χ0) is 13.7. The van der Waals surface area contributed by atoms with E-state index >= 15 is 0 Å². The second-order valence-corrected chi connectivity index (χ2v) is 5.30. The van der Waals surface area contributed by atoms with Gasteiger partial charge in [0.05, 0.1) is 11.4 Å². The lowest BCUT2D eigenvalue weighted by molar-refractivity contribution is -0.116. The number of rotatable bonds is 5. The van der Waals surface area contributed by atoms with Crippen molar-refractivity contribution < 1.29 is 4.79 Å². The van der Waals surface area contributed by atoms with Crippen molar-refractivity contribution in [3.05, 3.63) is 11.9 Å². The van der Waals surface area contributed by atoms with Crippen LogP contribution in [-0.2, 0) is 18.3 Å². The van der Waals surface area contributed by atoms with Crippen molar-refractivity contribution in [1.82, 2.24) is 15.1 Å². The minimum Gasteiger partial charge on any atom is -0.323 e. The van der Waals surface area contributed by atoms with Crippen molar-refractivity contribution in [1.29, 1.82) is 0 Å². The van der Waals surface area contributed by atoms with Crippen LogP contribution < -0.4 is 10.6 Å². The highest BCUT2D eigenvalue weighted by atomic mass is 16.1. The molecule has 106 valence electrons. The summed E-state index contributed by atoms with van der Waals surface area (Å²) in [6.45, 7) is 4.23. The number of amides is 1. The van der Waals surface area contributed by atoms with Crippen LogP contribution in [-0.4, -0.2) is 28.8 Å². The summed E-state index contributed by atoms with van der Waals surface area (Å²) in [4.78, 5) is 12.0. The van der Waals surface area contributed by atoms with E-state index in [1.165, 1.54) is 12.8 Å². The van der Waals surface area contributed by atoms with Crippen LogP contribution >= 0.6 is 0 Å². The summed E-state index contributed by atoms with van der Waals surface area (Å²) < 4.78 is 1.75. The molecule has 2 heterocycles. The number of carbonyl (C=O) groups excluding carboxylic acids is 1. The maximum Gasteiger partial charge on any atom is 0.224 e. The van der Waals surface area contributed by atoms with Gasteiger partial charge in [0.2, 0.25) is 5.91 Å². The maximum atomic E-state index is 12.0. The summed E-state index contributed by atoms with van der Waals surface area (Å²) in [6.07, 6.45) is 6.71. The Balaban J connectivity index is 1.80. The predicted molar refractivity (Wildman–Crippen MR) is 76.0 cm³/mol. The van der Waals surface area contributed by atoms with Gasteiger partial charge in [-0.25, -0.2) is 0 Å². The quantitative estimate of drug-likeness (QED) is 0.851. The summed E-state index contributed by atoms with van der Waals surface area (Å²) in [7, 11) is 1.88. The molecular formula is C14H24N4O. The van der Waals surface area contributed by atoms with Crippen molar-refractivity contribution in [3.63, 3.8) is 0 Å². The normalized spacial score (nSPS) is 16.5. The van der Waals surface area contributed by atoms with E-state index in [1.807, 2.05) is 20.2 Å². The van der Waals surface area contributed by atoms with E-state index in [0.29, 0.717) is 12.3 Å². The fourth-order valence-corrected chi connectivity index (χ4v) is 2.62. The predicted octanol–water partition coefficient (Wildman–Crippen LogP) is 1.70. The molecule has 0 atom stereocenters. The maximum absolute atomic E-state index is 12.0. The SMILES string of the molecule is CCc1nn(C)cc1NC(=O)CCC1CCNCC1. The molecule has 5 heteroatoms. The molecule has 0 radical (unpaired) electrons. The Morgan fingerprint density at radius 2 is 2.26 bits per heavy atom. The third-order valence-corrected chi connectivity index (χ3v) is 3.75. The molecule has 1 saturated heterocycles. The lowest BCUT2D eigenvalue weighted by Gasteiger charge is -2.22. The van der Waals surface area contributed by atoms with Gasteiger partial charge < -0.3 is 10.6 Å². The van der Waals surface area contributed by atoms with Crippen molar-refractivity contribution in [2.45, 2.75) is 39.0 Å². The molecule has 1 aliphatic rings. The number of hydrogen-bond acceptors (Lipinski definition) is 3. The first-order valence-corrected chi connectivity index (χ1v) is 7.22. The standard InChI is InChI=1S/C14H24N4O/c1-3-12-13(10-18(2)17-12)16-14(19)5-4-11-6-8-15-9-7-11/h10-11,15H,3-9H2,1-2H3,(H,16,19). The highest BCUT2D eigenvalue weighted by Crippen LogP contribution is 2.19. The van der Waals surface area contributed by atoms with Gasteiger partial charge >= 0.3 is 0 Å². The molecule has 0 spiro atoms. The van der Waals surface area contributed by atoms with Gasteiger partial charge in [-0.3, -0.25) is 9.48 Å². The number of nitrogens with one attached hydrogen (secondary N) is 2. The minimum absolute atomic E-state index is 0.112. The average Bonchev–Trinajstić information content (AvgIpc) is 2.77. The molecule has 1 aromatic heterocycles. The minimum atomic E-state index is 0.112. The number of carbonyl (C=O) groups is 1. The first-order valence-electron chi connectivity index (χ1n) is 7.22. The van der Waals surface area contributed by atoms with E-state index in [2.05, 4.69) is 15.7 Å². The molecular weight excluding hydrogens is 240 g/mol. The number of aromatic nitrogens is 2. The summed E-state index contributed by atoms with van der Waals surface area (Å²) >= 11 is 0. The summed E-state index contributed by atoms with van der Waals surface area (Å²) in [5, 5.41) is 10.7. The van der Waals surface area contributed by atoms with Crippen LogP contribution in [0.3, 0.4) is 0 Å². The summed E-state index contributed by atoms with van der Waals surface area (Å²) in [5.41, 5.74) is 1.82. The van der Waals surface area contributed by atoms with Crippen LogP contribution in [0.5, 0.6) is 0 Å². The third kappa shape index (κ3) is 4.06. The van der Waals surface area contributed by atoms with Crippen LogP contribution in [0.15, 0.2) is 6.20 Å². The van der Waals surface area contributed by atoms with Gasteiger partial charge in [0.15, 0.2) is 0 Å². The molecule has 2 N–H and O–H groups in total. The number of piperidine rings is 1. The second-order valence-electron chi connectivity index (χ2n) is 5.30. The molecule has 1 amide bonds. The van der Waals surface area contributed by atoms with Gasteiger partial charge in [0, 0.05) is 19.7 Å². The molecule has 1 aromatic rings.